The summed E-state index contributed by atoms with van der Waals surface area (Å²) in [6.45, 7) is 10.7. The lowest BCUT2D eigenvalue weighted by molar-refractivity contribution is -0.102. The molecule has 0 spiro atoms. The van der Waals surface area contributed by atoms with E-state index >= 15 is 0 Å². The van der Waals surface area contributed by atoms with Gasteiger partial charge >= 0.3 is 0 Å². The molecule has 1 aliphatic carbocycles. The summed E-state index contributed by atoms with van der Waals surface area (Å²) in [6.07, 6.45) is 8.01. The molecule has 2 rings (SSSR count). The summed E-state index contributed by atoms with van der Waals surface area (Å²) in [5.74, 6) is 0.844. The molecular formula is C17H34N2O. The highest BCUT2D eigenvalue weighted by atomic mass is 16.5. The zero-order chi connectivity index (χ0) is 15.0. The molecular weight excluding hydrogens is 248 g/mol. The van der Waals surface area contributed by atoms with E-state index in [-0.39, 0.29) is 16.7 Å². The van der Waals surface area contributed by atoms with Crippen LogP contribution >= 0.6 is 0 Å². The van der Waals surface area contributed by atoms with Gasteiger partial charge in [0.2, 0.25) is 0 Å². The average Bonchev–Trinajstić information content (AvgIpc) is 2.55. The summed E-state index contributed by atoms with van der Waals surface area (Å²) in [5.41, 5.74) is 5.95. The van der Waals surface area contributed by atoms with E-state index in [9.17, 15) is 0 Å². The van der Waals surface area contributed by atoms with Crippen molar-refractivity contribution in [3.8, 4) is 0 Å². The number of hydrogen-bond donors (Lipinski definition) is 1. The fraction of sp³-hybridized carbons (Fsp3) is 1.00. The van der Waals surface area contributed by atoms with E-state index in [0.29, 0.717) is 6.54 Å². The summed E-state index contributed by atoms with van der Waals surface area (Å²) >= 11 is 0. The van der Waals surface area contributed by atoms with Gasteiger partial charge in [0.05, 0.1) is 16.7 Å². The molecule has 0 bridgehead atoms. The Morgan fingerprint density at radius 1 is 1.10 bits per heavy atom. The molecule has 118 valence electrons. The molecule has 0 aromatic heterocycles. The van der Waals surface area contributed by atoms with Gasteiger partial charge in [-0.15, -0.1) is 0 Å². The smallest absolute Gasteiger partial charge is 0.0829 e. The first-order valence-electron chi connectivity index (χ1n) is 8.34. The van der Waals surface area contributed by atoms with Crippen LogP contribution in [-0.4, -0.2) is 41.8 Å². The van der Waals surface area contributed by atoms with E-state index in [1.165, 1.54) is 38.6 Å². The summed E-state index contributed by atoms with van der Waals surface area (Å²) < 4.78 is 6.33. The topological polar surface area (TPSA) is 38.5 Å². The molecule has 0 aromatic rings. The Bertz CT molecular complexity index is 334. The Hall–Kier alpha value is -0.120. The second-order valence-corrected chi connectivity index (χ2v) is 8.17. The van der Waals surface area contributed by atoms with Crippen LogP contribution in [-0.2, 0) is 4.74 Å². The van der Waals surface area contributed by atoms with Crippen molar-refractivity contribution < 1.29 is 4.74 Å². The summed E-state index contributed by atoms with van der Waals surface area (Å²) in [5, 5.41) is 0. The monoisotopic (exact) mass is 282 g/mol. The number of likely N-dealkylation sites (N-methyl/N-ethyl adjacent to an activating group) is 1. The minimum Gasteiger partial charge on any atom is -0.368 e. The Morgan fingerprint density at radius 2 is 1.70 bits per heavy atom. The van der Waals surface area contributed by atoms with Gasteiger partial charge in [-0.1, -0.05) is 19.3 Å². The molecule has 2 aliphatic rings. The van der Waals surface area contributed by atoms with Crippen LogP contribution < -0.4 is 5.73 Å². The molecule has 0 amide bonds. The van der Waals surface area contributed by atoms with Crippen molar-refractivity contribution in [3.05, 3.63) is 0 Å². The van der Waals surface area contributed by atoms with Gasteiger partial charge < -0.3 is 10.5 Å². The SMILES string of the molecule is CN(CC1CCCCC1)C1(CN)CC(C)(C)OC1(C)C. The molecule has 2 N–H and O–H groups in total. The van der Waals surface area contributed by atoms with Crippen LogP contribution in [0.1, 0.15) is 66.2 Å². The van der Waals surface area contributed by atoms with Gasteiger partial charge in [0.1, 0.15) is 0 Å². The van der Waals surface area contributed by atoms with Crippen molar-refractivity contribution in [1.29, 1.82) is 0 Å². The lowest BCUT2D eigenvalue weighted by atomic mass is 9.76. The van der Waals surface area contributed by atoms with E-state index in [2.05, 4.69) is 39.6 Å². The van der Waals surface area contributed by atoms with Gasteiger partial charge in [-0.05, 0) is 59.9 Å². The minimum atomic E-state index is -0.186. The van der Waals surface area contributed by atoms with Gasteiger partial charge in [0, 0.05) is 13.1 Å². The lowest BCUT2D eigenvalue weighted by Crippen LogP contribution is -2.63. The van der Waals surface area contributed by atoms with Crippen molar-refractivity contribution >= 4 is 0 Å². The molecule has 3 nitrogen and oxygen atoms in total. The second kappa shape index (κ2) is 5.58. The molecule has 1 aliphatic heterocycles. The zero-order valence-electron chi connectivity index (χ0n) is 14.2. The highest BCUT2D eigenvalue weighted by molar-refractivity contribution is 5.12. The molecule has 20 heavy (non-hydrogen) atoms. The standard InChI is InChI=1S/C17H34N2O/c1-15(2)12-17(13-18,16(3,4)20-15)19(5)11-14-9-7-6-8-10-14/h14H,6-13,18H2,1-5H3. The van der Waals surface area contributed by atoms with Crippen molar-refractivity contribution in [1.82, 2.24) is 4.90 Å². The number of nitrogens with two attached hydrogens (primary N) is 1. The van der Waals surface area contributed by atoms with Gasteiger partial charge in [0.15, 0.2) is 0 Å². The van der Waals surface area contributed by atoms with Crippen molar-refractivity contribution in [2.45, 2.75) is 83.0 Å². The molecule has 0 aromatic carbocycles. The molecule has 2 fully saturated rings. The summed E-state index contributed by atoms with van der Waals surface area (Å²) in [4.78, 5) is 2.53. The van der Waals surface area contributed by atoms with Crippen molar-refractivity contribution in [2.24, 2.45) is 11.7 Å². The predicted molar refractivity (Wildman–Crippen MR) is 84.9 cm³/mol. The fourth-order valence-electron chi connectivity index (χ4n) is 4.74. The molecule has 1 saturated carbocycles. The second-order valence-electron chi connectivity index (χ2n) is 8.17. The van der Waals surface area contributed by atoms with Crippen LogP contribution in [0.2, 0.25) is 0 Å². The molecule has 1 atom stereocenters. The van der Waals surface area contributed by atoms with E-state index in [1.807, 2.05) is 0 Å². The third-order valence-electron chi connectivity index (χ3n) is 5.70. The van der Waals surface area contributed by atoms with E-state index in [1.54, 1.807) is 0 Å². The van der Waals surface area contributed by atoms with Crippen LogP contribution in [0.4, 0.5) is 0 Å². The molecule has 1 unspecified atom stereocenters. The molecule has 1 saturated heterocycles. The van der Waals surface area contributed by atoms with Gasteiger partial charge in [-0.2, -0.15) is 0 Å². The van der Waals surface area contributed by atoms with Crippen molar-refractivity contribution in [2.75, 3.05) is 20.1 Å². The Morgan fingerprint density at radius 3 is 2.15 bits per heavy atom. The largest absolute Gasteiger partial charge is 0.368 e. The lowest BCUT2D eigenvalue weighted by Gasteiger charge is -2.47. The van der Waals surface area contributed by atoms with E-state index < -0.39 is 0 Å². The first kappa shape index (κ1) is 16.3. The normalized spacial score (nSPS) is 33.8. The molecule has 3 heteroatoms. The first-order valence-corrected chi connectivity index (χ1v) is 8.34. The van der Waals surface area contributed by atoms with Crippen LogP contribution in [0.25, 0.3) is 0 Å². The summed E-state index contributed by atoms with van der Waals surface area (Å²) in [6, 6.07) is 0. The summed E-state index contributed by atoms with van der Waals surface area (Å²) in [7, 11) is 2.26. The number of rotatable bonds is 4. The third kappa shape index (κ3) is 2.90. The highest BCUT2D eigenvalue weighted by Crippen LogP contribution is 2.47. The predicted octanol–water partition coefficient (Wildman–Crippen LogP) is 3.17. The van der Waals surface area contributed by atoms with Crippen LogP contribution in [0.5, 0.6) is 0 Å². The van der Waals surface area contributed by atoms with Crippen LogP contribution in [0.3, 0.4) is 0 Å². The van der Waals surface area contributed by atoms with Crippen LogP contribution in [0, 0.1) is 5.92 Å². The maximum Gasteiger partial charge on any atom is 0.0829 e. The maximum atomic E-state index is 6.33. The highest BCUT2D eigenvalue weighted by Gasteiger charge is 2.58. The number of ether oxygens (including phenoxy) is 1. The minimum absolute atomic E-state index is 0.0338. The Kier molecular flexibility index (Phi) is 4.54. The Balaban J connectivity index is 2.13. The Labute approximate surface area is 125 Å². The van der Waals surface area contributed by atoms with E-state index in [0.717, 1.165) is 12.3 Å². The quantitative estimate of drug-likeness (QED) is 0.860. The average molecular weight is 282 g/mol. The van der Waals surface area contributed by atoms with Gasteiger partial charge in [-0.25, -0.2) is 0 Å². The van der Waals surface area contributed by atoms with Gasteiger partial charge in [-0.3, -0.25) is 4.90 Å². The fourth-order valence-corrected chi connectivity index (χ4v) is 4.74. The molecule has 0 radical (unpaired) electrons. The number of hydrogen-bond acceptors (Lipinski definition) is 3. The maximum absolute atomic E-state index is 6.33. The van der Waals surface area contributed by atoms with E-state index in [4.69, 9.17) is 10.5 Å². The van der Waals surface area contributed by atoms with Crippen molar-refractivity contribution in [3.63, 3.8) is 0 Å². The number of nitrogens with zero attached hydrogens (tertiary/aromatic N) is 1. The zero-order valence-corrected chi connectivity index (χ0v) is 14.2. The molecule has 1 heterocycles. The van der Waals surface area contributed by atoms with Gasteiger partial charge in [0.25, 0.3) is 0 Å². The van der Waals surface area contributed by atoms with Crippen LogP contribution in [0.15, 0.2) is 0 Å². The third-order valence-corrected chi connectivity index (χ3v) is 5.70. The first-order chi connectivity index (χ1) is 9.22.